The van der Waals surface area contributed by atoms with E-state index in [9.17, 15) is 9.59 Å². The molecule has 0 heterocycles. The lowest BCUT2D eigenvalue weighted by Crippen LogP contribution is -2.31. The van der Waals surface area contributed by atoms with Crippen molar-refractivity contribution in [1.82, 2.24) is 10.6 Å². The monoisotopic (exact) mass is 296 g/mol. The number of nitrogens with one attached hydrogen (secondary N) is 2. The molecule has 0 aliphatic rings. The fraction of sp³-hybridized carbons (Fsp3) is 0.467. The fourth-order valence-corrected chi connectivity index (χ4v) is 1.71. The van der Waals surface area contributed by atoms with E-state index in [0.717, 1.165) is 6.42 Å². The Balaban J connectivity index is 2.21. The Kier molecular flexibility index (Phi) is 7.09. The molecular weight excluding hydrogens is 276 g/mol. The molecule has 1 rings (SSSR count). The smallest absolute Gasteiger partial charge is 0.251 e. The summed E-state index contributed by atoms with van der Waals surface area (Å²) in [6.45, 7) is 5.23. The molecule has 0 saturated carbocycles. The van der Waals surface area contributed by atoms with Crippen LogP contribution in [0.15, 0.2) is 24.3 Å². The first-order valence-electron chi connectivity index (χ1n) is 6.79. The normalized spacial score (nSPS) is 10.4. The third-order valence-corrected chi connectivity index (χ3v) is 3.04. The molecule has 0 atom stereocenters. The van der Waals surface area contributed by atoms with Crippen molar-refractivity contribution < 1.29 is 9.59 Å². The molecule has 0 bridgehead atoms. The molecule has 0 unspecified atom stereocenters. The van der Waals surface area contributed by atoms with E-state index in [1.165, 1.54) is 0 Å². The minimum atomic E-state index is -0.198. The lowest BCUT2D eigenvalue weighted by Gasteiger charge is -2.08. The van der Waals surface area contributed by atoms with Crippen molar-refractivity contribution in [2.45, 2.75) is 26.7 Å². The van der Waals surface area contributed by atoms with Gasteiger partial charge in [-0.25, -0.2) is 0 Å². The van der Waals surface area contributed by atoms with E-state index in [1.54, 1.807) is 24.3 Å². The molecule has 0 saturated heterocycles. The van der Waals surface area contributed by atoms with Gasteiger partial charge in [-0.15, -0.1) is 0 Å². The Labute approximate surface area is 124 Å². The predicted octanol–water partition coefficient (Wildman–Crippen LogP) is 2.62. The third-order valence-electron chi connectivity index (χ3n) is 2.79. The molecule has 5 heteroatoms. The molecule has 1 aromatic carbocycles. The minimum Gasteiger partial charge on any atom is -0.356 e. The maximum atomic E-state index is 11.8. The van der Waals surface area contributed by atoms with Crippen molar-refractivity contribution >= 4 is 23.4 Å². The number of benzene rings is 1. The van der Waals surface area contributed by atoms with Crippen LogP contribution < -0.4 is 10.6 Å². The number of amides is 2. The van der Waals surface area contributed by atoms with Crippen molar-refractivity contribution in [1.29, 1.82) is 0 Å². The van der Waals surface area contributed by atoms with Crippen LogP contribution in [0.2, 0.25) is 5.02 Å². The van der Waals surface area contributed by atoms with Gasteiger partial charge < -0.3 is 10.6 Å². The van der Waals surface area contributed by atoms with Crippen molar-refractivity contribution in [2.24, 2.45) is 5.92 Å². The van der Waals surface area contributed by atoms with Crippen LogP contribution in [0.4, 0.5) is 0 Å². The van der Waals surface area contributed by atoms with Crippen molar-refractivity contribution in [3.05, 3.63) is 34.9 Å². The standard InChI is InChI=1S/C15H21ClN2O2/c1-11(2)7-9-17-14(19)8-10-18-15(20)12-3-5-13(16)6-4-12/h3-6,11H,7-10H2,1-2H3,(H,17,19)(H,18,20). The van der Waals surface area contributed by atoms with Gasteiger partial charge in [0.1, 0.15) is 0 Å². The first-order chi connectivity index (χ1) is 9.49. The van der Waals surface area contributed by atoms with Crippen LogP contribution >= 0.6 is 11.6 Å². The SMILES string of the molecule is CC(C)CCNC(=O)CCNC(=O)c1ccc(Cl)cc1. The number of carbonyl (C=O) groups excluding carboxylic acids is 2. The Bertz CT molecular complexity index is 444. The largest absolute Gasteiger partial charge is 0.356 e. The highest BCUT2D eigenvalue weighted by molar-refractivity contribution is 6.30. The maximum Gasteiger partial charge on any atom is 0.251 e. The van der Waals surface area contributed by atoms with Crippen LogP contribution in [0, 0.1) is 5.92 Å². The Morgan fingerprint density at radius 3 is 2.35 bits per heavy atom. The minimum absolute atomic E-state index is 0.0398. The average molecular weight is 297 g/mol. The molecular formula is C15H21ClN2O2. The van der Waals surface area contributed by atoms with Gasteiger partial charge in [-0.2, -0.15) is 0 Å². The van der Waals surface area contributed by atoms with Gasteiger partial charge in [0.2, 0.25) is 5.91 Å². The molecule has 110 valence electrons. The van der Waals surface area contributed by atoms with E-state index < -0.39 is 0 Å². The Morgan fingerprint density at radius 2 is 1.75 bits per heavy atom. The lowest BCUT2D eigenvalue weighted by molar-refractivity contribution is -0.120. The van der Waals surface area contributed by atoms with E-state index in [4.69, 9.17) is 11.6 Å². The number of rotatable bonds is 7. The van der Waals surface area contributed by atoms with Crippen LogP contribution in [0.3, 0.4) is 0 Å². The molecule has 20 heavy (non-hydrogen) atoms. The van der Waals surface area contributed by atoms with Gasteiger partial charge >= 0.3 is 0 Å². The number of hydrogen-bond acceptors (Lipinski definition) is 2. The van der Waals surface area contributed by atoms with Crippen molar-refractivity contribution in [2.75, 3.05) is 13.1 Å². The summed E-state index contributed by atoms with van der Waals surface area (Å²) in [4.78, 5) is 23.3. The van der Waals surface area contributed by atoms with E-state index >= 15 is 0 Å². The van der Waals surface area contributed by atoms with Crippen LogP contribution in [0.1, 0.15) is 37.0 Å². The fourth-order valence-electron chi connectivity index (χ4n) is 1.58. The summed E-state index contributed by atoms with van der Waals surface area (Å²) < 4.78 is 0. The van der Waals surface area contributed by atoms with E-state index in [1.807, 2.05) is 0 Å². The highest BCUT2D eigenvalue weighted by atomic mass is 35.5. The molecule has 0 aliphatic carbocycles. The number of halogens is 1. The summed E-state index contributed by atoms with van der Waals surface area (Å²) in [6, 6.07) is 6.63. The highest BCUT2D eigenvalue weighted by Gasteiger charge is 2.06. The van der Waals surface area contributed by atoms with Gasteiger partial charge in [0.05, 0.1) is 0 Å². The zero-order chi connectivity index (χ0) is 15.0. The van der Waals surface area contributed by atoms with Gasteiger partial charge in [-0.1, -0.05) is 25.4 Å². The molecule has 1 aromatic rings. The predicted molar refractivity (Wildman–Crippen MR) is 80.9 cm³/mol. The third kappa shape index (κ3) is 6.57. The van der Waals surface area contributed by atoms with Crippen LogP contribution in [-0.2, 0) is 4.79 Å². The van der Waals surface area contributed by atoms with Gasteiger partial charge in [0.25, 0.3) is 5.91 Å². The van der Waals surface area contributed by atoms with Crippen LogP contribution in [0.5, 0.6) is 0 Å². The van der Waals surface area contributed by atoms with E-state index in [0.29, 0.717) is 29.6 Å². The zero-order valence-electron chi connectivity index (χ0n) is 11.9. The summed E-state index contributed by atoms with van der Waals surface area (Å²) in [7, 11) is 0. The second-order valence-corrected chi connectivity index (χ2v) is 5.48. The van der Waals surface area contributed by atoms with Gasteiger partial charge in [-0.05, 0) is 36.6 Å². The van der Waals surface area contributed by atoms with Gasteiger partial charge in [0.15, 0.2) is 0 Å². The Morgan fingerprint density at radius 1 is 1.10 bits per heavy atom. The molecule has 0 aromatic heterocycles. The van der Waals surface area contributed by atoms with Crippen molar-refractivity contribution in [3.8, 4) is 0 Å². The summed E-state index contributed by atoms with van der Waals surface area (Å²) in [5.74, 6) is 0.332. The molecule has 0 fully saturated rings. The summed E-state index contributed by atoms with van der Waals surface area (Å²) >= 11 is 5.75. The second-order valence-electron chi connectivity index (χ2n) is 5.05. The van der Waals surface area contributed by atoms with E-state index in [2.05, 4.69) is 24.5 Å². The average Bonchev–Trinajstić information content (AvgIpc) is 2.39. The number of hydrogen-bond donors (Lipinski definition) is 2. The quantitative estimate of drug-likeness (QED) is 0.812. The van der Waals surface area contributed by atoms with Crippen LogP contribution in [0.25, 0.3) is 0 Å². The zero-order valence-corrected chi connectivity index (χ0v) is 12.7. The highest BCUT2D eigenvalue weighted by Crippen LogP contribution is 2.09. The van der Waals surface area contributed by atoms with Crippen LogP contribution in [-0.4, -0.2) is 24.9 Å². The Hall–Kier alpha value is -1.55. The topological polar surface area (TPSA) is 58.2 Å². The molecule has 0 radical (unpaired) electrons. The summed E-state index contributed by atoms with van der Waals surface area (Å²) in [5, 5.41) is 6.12. The van der Waals surface area contributed by atoms with Gasteiger partial charge in [0, 0.05) is 30.1 Å². The number of carbonyl (C=O) groups is 2. The molecule has 0 spiro atoms. The molecule has 2 N–H and O–H groups in total. The molecule has 2 amide bonds. The summed E-state index contributed by atoms with van der Waals surface area (Å²) in [5.41, 5.74) is 0.537. The molecule has 4 nitrogen and oxygen atoms in total. The second kappa shape index (κ2) is 8.59. The molecule has 0 aliphatic heterocycles. The van der Waals surface area contributed by atoms with Crippen molar-refractivity contribution in [3.63, 3.8) is 0 Å². The lowest BCUT2D eigenvalue weighted by atomic mass is 10.1. The first kappa shape index (κ1) is 16.5. The van der Waals surface area contributed by atoms with E-state index in [-0.39, 0.29) is 18.2 Å². The maximum absolute atomic E-state index is 11.8. The first-order valence-corrected chi connectivity index (χ1v) is 7.17. The van der Waals surface area contributed by atoms with Gasteiger partial charge in [-0.3, -0.25) is 9.59 Å². The summed E-state index contributed by atoms with van der Waals surface area (Å²) in [6.07, 6.45) is 1.25.